The number of nitrogen functional groups attached to an aromatic ring is 1. The molecule has 4 N–H and O–H groups in total. The second-order valence-electron chi connectivity index (χ2n) is 4.39. The van der Waals surface area contributed by atoms with Gasteiger partial charge in [-0.25, -0.2) is 9.78 Å². The molecule has 1 atom stereocenters. The number of aromatic carboxylic acids is 1. The Hall–Kier alpha value is -1.82. The topological polar surface area (TPSA) is 97.5 Å². The molecule has 0 bridgehead atoms. The molecule has 100 valence electrons. The maximum atomic E-state index is 10.9. The Morgan fingerprint density at radius 1 is 1.56 bits per heavy atom. The van der Waals surface area contributed by atoms with E-state index >= 15 is 0 Å². The summed E-state index contributed by atoms with van der Waals surface area (Å²) in [5.74, 6) is -0.392. The fraction of sp³-hybridized carbons (Fsp3) is 0.500. The van der Waals surface area contributed by atoms with Gasteiger partial charge in [0.2, 0.25) is 0 Å². The molecule has 0 aliphatic carbocycles. The van der Waals surface area contributed by atoms with Crippen molar-refractivity contribution in [3.8, 4) is 0 Å². The highest BCUT2D eigenvalue weighted by molar-refractivity contribution is 5.86. The number of rotatable bonds is 6. The number of hydrogen-bond acceptors (Lipinski definition) is 5. The zero-order valence-corrected chi connectivity index (χ0v) is 10.8. The van der Waals surface area contributed by atoms with Gasteiger partial charge in [-0.3, -0.25) is 0 Å². The van der Waals surface area contributed by atoms with E-state index in [1.807, 2.05) is 13.8 Å². The minimum atomic E-state index is -1.08. The maximum absolute atomic E-state index is 10.9. The van der Waals surface area contributed by atoms with E-state index in [9.17, 15) is 4.79 Å². The lowest BCUT2D eigenvalue weighted by Gasteiger charge is -2.22. The van der Waals surface area contributed by atoms with Gasteiger partial charge in [0, 0.05) is 7.11 Å². The van der Waals surface area contributed by atoms with E-state index in [-0.39, 0.29) is 11.7 Å². The van der Waals surface area contributed by atoms with Crippen molar-refractivity contribution in [3.63, 3.8) is 0 Å². The molecule has 0 amide bonds. The number of nitrogens with two attached hydrogens (primary N) is 1. The van der Waals surface area contributed by atoms with Crippen molar-refractivity contribution in [2.75, 3.05) is 24.8 Å². The first-order chi connectivity index (χ1) is 8.45. The summed E-state index contributed by atoms with van der Waals surface area (Å²) in [6, 6.07) is 2.93. The van der Waals surface area contributed by atoms with E-state index in [4.69, 9.17) is 15.6 Å². The van der Waals surface area contributed by atoms with Crippen LogP contribution in [0, 0.1) is 5.92 Å². The molecule has 1 aromatic heterocycles. The number of ether oxygens (including phenoxy) is 1. The molecule has 18 heavy (non-hydrogen) atoms. The van der Waals surface area contributed by atoms with Gasteiger partial charge in [-0.2, -0.15) is 0 Å². The van der Waals surface area contributed by atoms with Gasteiger partial charge in [0.25, 0.3) is 0 Å². The number of nitrogens with one attached hydrogen (secondary N) is 1. The lowest BCUT2D eigenvalue weighted by Crippen LogP contribution is -2.31. The second kappa shape index (κ2) is 6.20. The summed E-state index contributed by atoms with van der Waals surface area (Å²) < 4.78 is 5.11. The van der Waals surface area contributed by atoms with Crippen LogP contribution in [0.3, 0.4) is 0 Å². The Labute approximate surface area is 106 Å². The molecule has 0 spiro atoms. The van der Waals surface area contributed by atoms with E-state index < -0.39 is 5.97 Å². The standard InChI is InChI=1S/C12H19N3O3/c1-7(2)10(6-18-3)15-11-8(13)4-5-9(14-11)12(16)17/h4-5,7,10H,6,13H2,1-3H3,(H,14,15)(H,16,17). The van der Waals surface area contributed by atoms with Gasteiger partial charge in [0.15, 0.2) is 11.5 Å². The van der Waals surface area contributed by atoms with E-state index in [0.29, 0.717) is 24.0 Å². The Morgan fingerprint density at radius 3 is 2.72 bits per heavy atom. The molecule has 1 aromatic rings. The largest absolute Gasteiger partial charge is 0.477 e. The minimum Gasteiger partial charge on any atom is -0.477 e. The molecule has 0 saturated carbocycles. The number of nitrogens with zero attached hydrogens (tertiary/aromatic N) is 1. The molecule has 0 aromatic carbocycles. The van der Waals surface area contributed by atoms with Crippen LogP contribution < -0.4 is 11.1 Å². The highest BCUT2D eigenvalue weighted by atomic mass is 16.5. The number of carboxylic acids is 1. The minimum absolute atomic E-state index is 0.0221. The van der Waals surface area contributed by atoms with Crippen molar-refractivity contribution >= 4 is 17.5 Å². The van der Waals surface area contributed by atoms with Gasteiger partial charge in [0.05, 0.1) is 18.3 Å². The summed E-state index contributed by atoms with van der Waals surface area (Å²) in [5.41, 5.74) is 6.16. The van der Waals surface area contributed by atoms with Crippen molar-refractivity contribution in [3.05, 3.63) is 17.8 Å². The highest BCUT2D eigenvalue weighted by Gasteiger charge is 2.16. The molecule has 6 heteroatoms. The third-order valence-electron chi connectivity index (χ3n) is 2.62. The number of aromatic nitrogens is 1. The van der Waals surface area contributed by atoms with Crippen LogP contribution >= 0.6 is 0 Å². The monoisotopic (exact) mass is 253 g/mol. The first-order valence-corrected chi connectivity index (χ1v) is 5.71. The number of anilines is 2. The third-order valence-corrected chi connectivity index (χ3v) is 2.62. The average Bonchev–Trinajstić information content (AvgIpc) is 2.30. The average molecular weight is 253 g/mol. The Balaban J connectivity index is 2.93. The summed E-state index contributed by atoms with van der Waals surface area (Å²) in [6.45, 7) is 4.57. The number of hydrogen-bond donors (Lipinski definition) is 3. The number of carboxylic acid groups (broad SMARTS) is 1. The lowest BCUT2D eigenvalue weighted by atomic mass is 10.1. The molecule has 0 radical (unpaired) electrons. The lowest BCUT2D eigenvalue weighted by molar-refractivity contribution is 0.0690. The van der Waals surface area contributed by atoms with Crippen LogP contribution in [-0.4, -0.2) is 35.8 Å². The van der Waals surface area contributed by atoms with Gasteiger partial charge in [0.1, 0.15) is 0 Å². The van der Waals surface area contributed by atoms with Gasteiger partial charge >= 0.3 is 5.97 Å². The number of methoxy groups -OCH3 is 1. The Kier molecular flexibility index (Phi) is 4.91. The SMILES string of the molecule is COCC(Nc1nc(C(=O)O)ccc1N)C(C)C. The molecule has 0 saturated heterocycles. The molecule has 0 aliphatic rings. The Morgan fingerprint density at radius 2 is 2.22 bits per heavy atom. The van der Waals surface area contributed by atoms with Crippen molar-refractivity contribution in [2.24, 2.45) is 5.92 Å². The fourth-order valence-corrected chi connectivity index (χ4v) is 1.46. The van der Waals surface area contributed by atoms with E-state index in [2.05, 4.69) is 10.3 Å². The quantitative estimate of drug-likeness (QED) is 0.709. The van der Waals surface area contributed by atoms with Gasteiger partial charge < -0.3 is 20.9 Å². The highest BCUT2D eigenvalue weighted by Crippen LogP contribution is 2.19. The maximum Gasteiger partial charge on any atom is 0.354 e. The van der Waals surface area contributed by atoms with Crippen molar-refractivity contribution in [1.29, 1.82) is 0 Å². The summed E-state index contributed by atoms with van der Waals surface area (Å²) >= 11 is 0. The van der Waals surface area contributed by atoms with Crippen LogP contribution in [0.15, 0.2) is 12.1 Å². The van der Waals surface area contributed by atoms with Crippen LogP contribution in [0.1, 0.15) is 24.3 Å². The van der Waals surface area contributed by atoms with Crippen molar-refractivity contribution < 1.29 is 14.6 Å². The van der Waals surface area contributed by atoms with Crippen LogP contribution in [0.25, 0.3) is 0 Å². The Bertz CT molecular complexity index is 421. The van der Waals surface area contributed by atoms with Gasteiger partial charge in [-0.1, -0.05) is 13.8 Å². The molecule has 0 fully saturated rings. The van der Waals surface area contributed by atoms with Crippen LogP contribution in [0.5, 0.6) is 0 Å². The normalized spacial score (nSPS) is 12.4. The van der Waals surface area contributed by atoms with Crippen LogP contribution in [-0.2, 0) is 4.74 Å². The second-order valence-corrected chi connectivity index (χ2v) is 4.39. The number of carbonyl (C=O) groups is 1. The molecule has 0 aliphatic heterocycles. The predicted octanol–water partition coefficient (Wildman–Crippen LogP) is 1.44. The van der Waals surface area contributed by atoms with E-state index in [0.717, 1.165) is 0 Å². The van der Waals surface area contributed by atoms with Crippen LogP contribution in [0.2, 0.25) is 0 Å². The smallest absolute Gasteiger partial charge is 0.354 e. The number of pyridine rings is 1. The molecule has 1 heterocycles. The van der Waals surface area contributed by atoms with Crippen LogP contribution in [0.4, 0.5) is 11.5 Å². The summed E-state index contributed by atoms with van der Waals surface area (Å²) in [6.07, 6.45) is 0. The van der Waals surface area contributed by atoms with E-state index in [1.54, 1.807) is 7.11 Å². The zero-order chi connectivity index (χ0) is 13.7. The zero-order valence-electron chi connectivity index (χ0n) is 10.8. The molecular weight excluding hydrogens is 234 g/mol. The summed E-state index contributed by atoms with van der Waals surface area (Å²) in [5, 5.41) is 12.0. The van der Waals surface area contributed by atoms with Gasteiger partial charge in [-0.05, 0) is 18.1 Å². The fourth-order valence-electron chi connectivity index (χ4n) is 1.46. The van der Waals surface area contributed by atoms with Crippen molar-refractivity contribution in [2.45, 2.75) is 19.9 Å². The predicted molar refractivity (Wildman–Crippen MR) is 69.7 cm³/mol. The summed E-state index contributed by atoms with van der Waals surface area (Å²) in [4.78, 5) is 14.8. The molecule has 6 nitrogen and oxygen atoms in total. The van der Waals surface area contributed by atoms with Crippen molar-refractivity contribution in [1.82, 2.24) is 4.98 Å². The van der Waals surface area contributed by atoms with E-state index in [1.165, 1.54) is 12.1 Å². The molecule has 1 unspecified atom stereocenters. The first-order valence-electron chi connectivity index (χ1n) is 5.71. The summed E-state index contributed by atoms with van der Waals surface area (Å²) in [7, 11) is 1.61. The third kappa shape index (κ3) is 3.59. The molecule has 1 rings (SSSR count). The van der Waals surface area contributed by atoms with Gasteiger partial charge in [-0.15, -0.1) is 0 Å². The molecular formula is C12H19N3O3. The first kappa shape index (κ1) is 14.2.